The van der Waals surface area contributed by atoms with Gasteiger partial charge in [-0.25, -0.2) is 4.79 Å². The van der Waals surface area contributed by atoms with Gasteiger partial charge in [-0.05, 0) is 61.1 Å². The van der Waals surface area contributed by atoms with Gasteiger partial charge < -0.3 is 9.15 Å². The molecule has 1 atom stereocenters. The van der Waals surface area contributed by atoms with Gasteiger partial charge in [0, 0.05) is 29.4 Å². The summed E-state index contributed by atoms with van der Waals surface area (Å²) in [6.07, 6.45) is 6.22. The lowest BCUT2D eigenvalue weighted by atomic mass is 9.83. The molecule has 0 amide bonds. The number of hydrogen-bond acceptors (Lipinski definition) is 5. The van der Waals surface area contributed by atoms with Crippen LogP contribution in [0.1, 0.15) is 46.6 Å². The lowest BCUT2D eigenvalue weighted by molar-refractivity contribution is -0.135. The van der Waals surface area contributed by atoms with Gasteiger partial charge in [0.25, 0.3) is 0 Å². The zero-order chi connectivity index (χ0) is 17.8. The molecule has 1 aliphatic heterocycles. The molecule has 3 aromatic rings. The molecule has 0 spiro atoms. The highest BCUT2D eigenvalue weighted by Crippen LogP contribution is 2.46. The van der Waals surface area contributed by atoms with E-state index in [0.717, 1.165) is 52.5 Å². The quantitative estimate of drug-likeness (QED) is 0.383. The molecular formula is C21H17NO4. The second-order valence-electron chi connectivity index (χ2n) is 7.02. The largest absolute Gasteiger partial charge is 0.425 e. The predicted octanol–water partition coefficient (Wildman–Crippen LogP) is 3.43. The molecule has 0 fully saturated rings. The highest BCUT2D eigenvalue weighted by molar-refractivity contribution is 5.94. The van der Waals surface area contributed by atoms with E-state index in [1.165, 1.54) is 0 Å². The van der Waals surface area contributed by atoms with Gasteiger partial charge in [-0.3, -0.25) is 9.78 Å². The number of esters is 1. The summed E-state index contributed by atoms with van der Waals surface area (Å²) in [7, 11) is 0. The Hall–Kier alpha value is -2.95. The molecular weight excluding hydrogens is 330 g/mol. The molecule has 5 heteroatoms. The van der Waals surface area contributed by atoms with Gasteiger partial charge in [-0.2, -0.15) is 0 Å². The van der Waals surface area contributed by atoms with E-state index in [2.05, 4.69) is 4.98 Å². The van der Waals surface area contributed by atoms with Crippen LogP contribution >= 0.6 is 0 Å². The second-order valence-corrected chi connectivity index (χ2v) is 7.02. The number of benzene rings is 1. The monoisotopic (exact) mass is 347 g/mol. The molecule has 0 bridgehead atoms. The molecule has 0 saturated carbocycles. The van der Waals surface area contributed by atoms with Crippen molar-refractivity contribution in [3.8, 4) is 5.75 Å². The topological polar surface area (TPSA) is 69.4 Å². The molecule has 2 aromatic heterocycles. The van der Waals surface area contributed by atoms with Crippen molar-refractivity contribution in [2.24, 2.45) is 0 Å². The molecule has 1 aromatic carbocycles. The first-order chi connectivity index (χ1) is 12.6. The molecule has 3 heterocycles. The maximum absolute atomic E-state index is 12.4. The van der Waals surface area contributed by atoms with Gasteiger partial charge in [0.2, 0.25) is 0 Å². The average molecular weight is 347 g/mol. The van der Waals surface area contributed by atoms with Crippen molar-refractivity contribution in [2.45, 2.75) is 38.5 Å². The van der Waals surface area contributed by atoms with Gasteiger partial charge in [-0.15, -0.1) is 0 Å². The Labute approximate surface area is 149 Å². The summed E-state index contributed by atoms with van der Waals surface area (Å²) >= 11 is 0. The normalized spacial score (nSPS) is 18.5. The lowest BCUT2D eigenvalue weighted by Crippen LogP contribution is -2.23. The summed E-state index contributed by atoms with van der Waals surface area (Å²) in [4.78, 5) is 28.8. The number of ether oxygens (including phenoxy) is 1. The van der Waals surface area contributed by atoms with E-state index in [1.807, 2.05) is 25.1 Å². The summed E-state index contributed by atoms with van der Waals surface area (Å²) < 4.78 is 11.3. The van der Waals surface area contributed by atoms with Gasteiger partial charge >= 0.3 is 11.6 Å². The second kappa shape index (κ2) is 5.53. The van der Waals surface area contributed by atoms with Crippen molar-refractivity contribution in [1.29, 1.82) is 0 Å². The fourth-order valence-electron chi connectivity index (χ4n) is 4.39. The number of carbonyl (C=O) groups is 1. The molecule has 0 unspecified atom stereocenters. The molecule has 130 valence electrons. The maximum atomic E-state index is 12.4. The minimum absolute atomic E-state index is 0.0809. The van der Waals surface area contributed by atoms with E-state index in [4.69, 9.17) is 9.15 Å². The Kier molecular flexibility index (Phi) is 3.26. The maximum Gasteiger partial charge on any atom is 0.339 e. The fraction of sp³-hybridized carbons (Fsp3) is 0.286. The highest BCUT2D eigenvalue weighted by Gasteiger charge is 2.34. The van der Waals surface area contributed by atoms with Crippen LogP contribution in [0.4, 0.5) is 0 Å². The van der Waals surface area contributed by atoms with Crippen LogP contribution in [0.5, 0.6) is 5.75 Å². The average Bonchev–Trinajstić information content (AvgIpc) is 3.12. The third-order valence-electron chi connectivity index (χ3n) is 5.50. The summed E-state index contributed by atoms with van der Waals surface area (Å²) in [6, 6.07) is 5.78. The SMILES string of the molecule is Cc1cc2oc(=O)c3c(c2c2c1[C@@H](c1ccncc1)CC(=O)O2)CCC3. The molecule has 26 heavy (non-hydrogen) atoms. The Bertz CT molecular complexity index is 1110. The number of aromatic nitrogens is 1. The molecule has 0 radical (unpaired) electrons. The van der Waals surface area contributed by atoms with Gasteiger partial charge in [0.1, 0.15) is 11.3 Å². The third kappa shape index (κ3) is 2.13. The van der Waals surface area contributed by atoms with E-state index in [9.17, 15) is 9.59 Å². The number of pyridine rings is 1. The highest BCUT2D eigenvalue weighted by atomic mass is 16.5. The van der Waals surface area contributed by atoms with E-state index in [-0.39, 0.29) is 17.5 Å². The van der Waals surface area contributed by atoms with Crippen LogP contribution in [-0.2, 0) is 17.6 Å². The van der Waals surface area contributed by atoms with Crippen LogP contribution in [0.15, 0.2) is 39.8 Å². The van der Waals surface area contributed by atoms with E-state index < -0.39 is 0 Å². The van der Waals surface area contributed by atoms with Gasteiger partial charge in [-0.1, -0.05) is 0 Å². The summed E-state index contributed by atoms with van der Waals surface area (Å²) in [5, 5.41) is 0.796. The van der Waals surface area contributed by atoms with Gasteiger partial charge in [0.05, 0.1) is 11.8 Å². The number of carbonyl (C=O) groups excluding carboxylic acids is 1. The number of nitrogens with zero attached hydrogens (tertiary/aromatic N) is 1. The standard InChI is InChI=1S/C21H17NO4/c1-11-9-16-19(13-3-2-4-14(13)21(24)25-16)20-18(11)15(10-17(23)26-20)12-5-7-22-8-6-12/h5-9,15H,2-4,10H2,1H3/t15-/m1/s1. The van der Waals surface area contributed by atoms with Crippen molar-refractivity contribution >= 4 is 16.9 Å². The molecule has 0 saturated heterocycles. The molecule has 1 aliphatic carbocycles. The Morgan fingerprint density at radius 1 is 1.12 bits per heavy atom. The number of aryl methyl sites for hydroxylation is 2. The smallest absolute Gasteiger partial charge is 0.339 e. The van der Waals surface area contributed by atoms with Gasteiger partial charge in [0.15, 0.2) is 0 Å². The first kappa shape index (κ1) is 15.3. The summed E-state index contributed by atoms with van der Waals surface area (Å²) in [6.45, 7) is 1.97. The third-order valence-corrected chi connectivity index (χ3v) is 5.50. The first-order valence-corrected chi connectivity index (χ1v) is 8.86. The Morgan fingerprint density at radius 2 is 1.88 bits per heavy atom. The number of fused-ring (bicyclic) bond motifs is 5. The van der Waals surface area contributed by atoms with Crippen molar-refractivity contribution in [3.63, 3.8) is 0 Å². The van der Waals surface area contributed by atoms with Crippen LogP contribution in [-0.4, -0.2) is 11.0 Å². The number of hydrogen-bond donors (Lipinski definition) is 0. The molecule has 5 nitrogen and oxygen atoms in total. The fourth-order valence-corrected chi connectivity index (χ4v) is 4.39. The lowest BCUT2D eigenvalue weighted by Gasteiger charge is -2.28. The molecule has 5 rings (SSSR count). The Morgan fingerprint density at radius 3 is 2.69 bits per heavy atom. The first-order valence-electron chi connectivity index (χ1n) is 8.86. The van der Waals surface area contributed by atoms with Crippen molar-refractivity contribution in [1.82, 2.24) is 4.98 Å². The van der Waals surface area contributed by atoms with Crippen molar-refractivity contribution < 1.29 is 13.9 Å². The van der Waals surface area contributed by atoms with E-state index >= 15 is 0 Å². The summed E-state index contributed by atoms with van der Waals surface area (Å²) in [5.74, 6) is 0.228. The Balaban J connectivity index is 1.86. The van der Waals surface area contributed by atoms with Crippen LogP contribution in [0.25, 0.3) is 11.0 Å². The number of rotatable bonds is 1. The summed E-state index contributed by atoms with van der Waals surface area (Å²) in [5.41, 5.74) is 4.96. The van der Waals surface area contributed by atoms with E-state index in [1.54, 1.807) is 12.4 Å². The molecule has 2 aliphatic rings. The van der Waals surface area contributed by atoms with Crippen molar-refractivity contribution in [2.75, 3.05) is 0 Å². The van der Waals surface area contributed by atoms with E-state index in [0.29, 0.717) is 17.8 Å². The minimum Gasteiger partial charge on any atom is -0.425 e. The van der Waals surface area contributed by atoms with Crippen LogP contribution in [0.3, 0.4) is 0 Å². The minimum atomic E-state index is -0.267. The zero-order valence-corrected chi connectivity index (χ0v) is 14.4. The van der Waals surface area contributed by atoms with Crippen LogP contribution < -0.4 is 10.4 Å². The van der Waals surface area contributed by atoms with Crippen molar-refractivity contribution in [3.05, 3.63) is 68.8 Å². The van der Waals surface area contributed by atoms with Crippen LogP contribution in [0, 0.1) is 6.92 Å². The predicted molar refractivity (Wildman–Crippen MR) is 95.6 cm³/mol. The zero-order valence-electron chi connectivity index (χ0n) is 14.4. The van der Waals surface area contributed by atoms with Crippen LogP contribution in [0.2, 0.25) is 0 Å². The molecule has 0 N–H and O–H groups in total.